The zero-order chi connectivity index (χ0) is 10.5. The molecule has 1 nitrogen and oxygen atoms in total. The molecule has 76 valence electrons. The Morgan fingerprint density at radius 2 is 1.71 bits per heavy atom. The maximum atomic E-state index is 8.21. The molecule has 0 N–H and O–H groups in total. The van der Waals surface area contributed by atoms with Gasteiger partial charge in [-0.1, -0.05) is 37.1 Å². The maximum absolute atomic E-state index is 8.21. The lowest BCUT2D eigenvalue weighted by Gasteiger charge is -1.95. The number of hydrogen-bond donors (Lipinski definition) is 0. The predicted molar refractivity (Wildman–Crippen MR) is 61.8 cm³/mol. The quantitative estimate of drug-likeness (QED) is 0.243. The number of allylic oxidation sites excluding steroid dienone is 5. The van der Waals surface area contributed by atoms with Crippen LogP contribution in [0.25, 0.3) is 0 Å². The van der Waals surface area contributed by atoms with Gasteiger partial charge in [0.05, 0.1) is 6.07 Å². The highest BCUT2D eigenvalue weighted by atomic mass is 14.2. The number of hydrogen-bond acceptors (Lipinski definition) is 1. The summed E-state index contributed by atoms with van der Waals surface area (Å²) < 4.78 is 0. The first-order chi connectivity index (χ1) is 6.91. The Balaban J connectivity index is 3.13. The van der Waals surface area contributed by atoms with Crippen LogP contribution in [0, 0.1) is 11.3 Å². The van der Waals surface area contributed by atoms with Crippen LogP contribution in [0.4, 0.5) is 0 Å². The van der Waals surface area contributed by atoms with E-state index in [0.29, 0.717) is 0 Å². The van der Waals surface area contributed by atoms with E-state index in [1.165, 1.54) is 31.8 Å². The lowest BCUT2D eigenvalue weighted by Crippen LogP contribution is -1.76. The maximum Gasteiger partial charge on any atom is 0.0912 e. The van der Waals surface area contributed by atoms with Crippen molar-refractivity contribution in [1.82, 2.24) is 0 Å². The molecule has 0 heterocycles. The second-order valence-corrected chi connectivity index (χ2v) is 3.20. The normalized spacial score (nSPS) is 10.8. The van der Waals surface area contributed by atoms with Crippen LogP contribution in [0.3, 0.4) is 0 Å². The molecule has 0 amide bonds. The van der Waals surface area contributed by atoms with Crippen LogP contribution in [0.1, 0.15) is 38.5 Å². The van der Waals surface area contributed by atoms with Crippen LogP contribution in [0.2, 0.25) is 0 Å². The minimum atomic E-state index is 1.11. The molecule has 0 aromatic heterocycles. The molecule has 0 saturated heterocycles. The Morgan fingerprint density at radius 3 is 2.36 bits per heavy atom. The van der Waals surface area contributed by atoms with Crippen LogP contribution < -0.4 is 0 Å². The largest absolute Gasteiger partial charge is 0.193 e. The van der Waals surface area contributed by atoms with Crippen LogP contribution in [-0.4, -0.2) is 0 Å². The van der Waals surface area contributed by atoms with Gasteiger partial charge in [0, 0.05) is 6.08 Å². The van der Waals surface area contributed by atoms with Crippen LogP contribution in [0.5, 0.6) is 0 Å². The Hall–Kier alpha value is -1.29. The van der Waals surface area contributed by atoms with E-state index in [4.69, 9.17) is 5.26 Å². The van der Waals surface area contributed by atoms with Gasteiger partial charge in [0.2, 0.25) is 0 Å². The van der Waals surface area contributed by atoms with Crippen LogP contribution in [0.15, 0.2) is 37.0 Å². The van der Waals surface area contributed by atoms with Gasteiger partial charge in [0.15, 0.2) is 0 Å². The van der Waals surface area contributed by atoms with Crippen molar-refractivity contribution in [2.24, 2.45) is 0 Å². The minimum absolute atomic E-state index is 1.11. The second kappa shape index (κ2) is 11.7. The summed E-state index contributed by atoms with van der Waals surface area (Å²) in [5.41, 5.74) is 0. The average molecular weight is 189 g/mol. The minimum Gasteiger partial charge on any atom is -0.193 e. The lowest BCUT2D eigenvalue weighted by atomic mass is 10.1. The van der Waals surface area contributed by atoms with Crippen LogP contribution >= 0.6 is 0 Å². The van der Waals surface area contributed by atoms with Crippen molar-refractivity contribution >= 4 is 0 Å². The Morgan fingerprint density at radius 1 is 1.00 bits per heavy atom. The summed E-state index contributed by atoms with van der Waals surface area (Å²) in [6, 6.07) is 1.95. The van der Waals surface area contributed by atoms with E-state index in [2.05, 4.69) is 12.7 Å². The molecule has 14 heavy (non-hydrogen) atoms. The topological polar surface area (TPSA) is 23.8 Å². The van der Waals surface area contributed by atoms with E-state index < -0.39 is 0 Å². The first kappa shape index (κ1) is 12.7. The van der Waals surface area contributed by atoms with Gasteiger partial charge >= 0.3 is 0 Å². The summed E-state index contributed by atoms with van der Waals surface area (Å²) in [6.07, 6.45) is 16.6. The highest BCUT2D eigenvalue weighted by Gasteiger charge is 1.86. The van der Waals surface area contributed by atoms with Crippen molar-refractivity contribution in [1.29, 1.82) is 5.26 Å². The molecule has 0 aliphatic rings. The van der Waals surface area contributed by atoms with Crippen molar-refractivity contribution in [3.63, 3.8) is 0 Å². The molecule has 0 aromatic carbocycles. The SMILES string of the molecule is C=CCCCCCC/C=C/C=C/C#N. The Bertz CT molecular complexity index is 218. The standard InChI is InChI=1S/C13H19N/c1-2-3-4-5-6-7-8-9-10-11-12-13-14/h2,9-12H,1,3-8H2/b10-9+,12-11+. The molecular formula is C13H19N. The van der Waals surface area contributed by atoms with Crippen molar-refractivity contribution in [3.05, 3.63) is 37.0 Å². The third-order valence-electron chi connectivity index (χ3n) is 1.95. The Labute approximate surface area is 87.4 Å². The fourth-order valence-electron chi connectivity index (χ4n) is 1.18. The van der Waals surface area contributed by atoms with E-state index in [1.807, 2.05) is 18.2 Å². The van der Waals surface area contributed by atoms with E-state index >= 15 is 0 Å². The van der Waals surface area contributed by atoms with E-state index in [-0.39, 0.29) is 0 Å². The highest BCUT2D eigenvalue weighted by Crippen LogP contribution is 2.05. The van der Waals surface area contributed by atoms with Crippen LogP contribution in [-0.2, 0) is 0 Å². The average Bonchev–Trinajstić information content (AvgIpc) is 2.21. The molecule has 0 unspecified atom stereocenters. The van der Waals surface area contributed by atoms with Gasteiger partial charge in [0.25, 0.3) is 0 Å². The summed E-state index contributed by atoms with van der Waals surface area (Å²) in [4.78, 5) is 0. The summed E-state index contributed by atoms with van der Waals surface area (Å²) in [5, 5.41) is 8.21. The van der Waals surface area contributed by atoms with Gasteiger partial charge in [-0.25, -0.2) is 0 Å². The van der Waals surface area contributed by atoms with Crippen molar-refractivity contribution in [3.8, 4) is 6.07 Å². The third kappa shape index (κ3) is 10.7. The van der Waals surface area contributed by atoms with Gasteiger partial charge in [-0.15, -0.1) is 6.58 Å². The lowest BCUT2D eigenvalue weighted by molar-refractivity contribution is 0.652. The number of rotatable bonds is 8. The molecule has 0 bridgehead atoms. The van der Waals surface area contributed by atoms with Gasteiger partial charge < -0.3 is 0 Å². The smallest absolute Gasteiger partial charge is 0.0912 e. The van der Waals surface area contributed by atoms with Gasteiger partial charge in [-0.2, -0.15) is 5.26 Å². The molecular weight excluding hydrogens is 170 g/mol. The van der Waals surface area contributed by atoms with Crippen molar-refractivity contribution in [2.45, 2.75) is 38.5 Å². The predicted octanol–water partition coefficient (Wildman–Crippen LogP) is 4.15. The number of nitrogens with zero attached hydrogens (tertiary/aromatic N) is 1. The van der Waals surface area contributed by atoms with E-state index in [9.17, 15) is 0 Å². The summed E-state index contributed by atoms with van der Waals surface area (Å²) >= 11 is 0. The molecule has 0 saturated carbocycles. The molecule has 0 atom stereocenters. The first-order valence-electron chi connectivity index (χ1n) is 5.24. The molecule has 0 aliphatic heterocycles. The van der Waals surface area contributed by atoms with Crippen molar-refractivity contribution in [2.75, 3.05) is 0 Å². The van der Waals surface area contributed by atoms with Gasteiger partial charge in [-0.3, -0.25) is 0 Å². The second-order valence-electron chi connectivity index (χ2n) is 3.20. The first-order valence-corrected chi connectivity index (χ1v) is 5.24. The molecule has 0 aromatic rings. The monoisotopic (exact) mass is 189 g/mol. The number of unbranched alkanes of at least 4 members (excludes halogenated alkanes) is 5. The fraction of sp³-hybridized carbons (Fsp3) is 0.462. The summed E-state index contributed by atoms with van der Waals surface area (Å²) in [6.45, 7) is 3.69. The zero-order valence-electron chi connectivity index (χ0n) is 8.78. The number of nitriles is 1. The molecule has 0 spiro atoms. The molecule has 0 fully saturated rings. The molecule has 0 rings (SSSR count). The molecule has 0 aliphatic carbocycles. The van der Waals surface area contributed by atoms with Gasteiger partial charge in [0.1, 0.15) is 0 Å². The summed E-state index contributed by atoms with van der Waals surface area (Å²) in [7, 11) is 0. The molecule has 1 heteroatoms. The molecule has 0 radical (unpaired) electrons. The summed E-state index contributed by atoms with van der Waals surface area (Å²) in [5.74, 6) is 0. The van der Waals surface area contributed by atoms with E-state index in [0.717, 1.165) is 12.8 Å². The van der Waals surface area contributed by atoms with Gasteiger partial charge in [-0.05, 0) is 25.7 Å². The highest BCUT2D eigenvalue weighted by molar-refractivity contribution is 5.11. The Kier molecular flexibility index (Phi) is 10.6. The fourth-order valence-corrected chi connectivity index (χ4v) is 1.18. The third-order valence-corrected chi connectivity index (χ3v) is 1.95. The zero-order valence-corrected chi connectivity index (χ0v) is 8.78. The van der Waals surface area contributed by atoms with Crippen molar-refractivity contribution < 1.29 is 0 Å². The van der Waals surface area contributed by atoms with E-state index in [1.54, 1.807) is 6.08 Å².